The van der Waals surface area contributed by atoms with Gasteiger partial charge in [0, 0.05) is 0 Å². The molecule has 1 heterocycles. The molecule has 1 heteroatoms. The van der Waals surface area contributed by atoms with E-state index in [9.17, 15) is 0 Å². The Morgan fingerprint density at radius 1 is 1.14 bits per heavy atom. The Kier molecular flexibility index (Phi) is 3.13. The Hall–Kier alpha value is -0.260. The van der Waals surface area contributed by atoms with Gasteiger partial charge in [0.2, 0.25) is 0 Å². The number of rotatable bonds is 0. The summed E-state index contributed by atoms with van der Waals surface area (Å²) >= 11 is 1.99. The van der Waals surface area contributed by atoms with Gasteiger partial charge in [0.1, 0.15) is 4.91 Å². The Morgan fingerprint density at radius 2 is 1.71 bits per heavy atom. The highest BCUT2D eigenvalue weighted by molar-refractivity contribution is 8.03. The molecule has 1 rings (SSSR count). The Balaban J connectivity index is 2.80. The molecule has 1 atom stereocenters. The van der Waals surface area contributed by atoms with E-state index in [0.717, 1.165) is 0 Å². The van der Waals surface area contributed by atoms with Gasteiger partial charge in [-0.1, -0.05) is 20.8 Å². The molecule has 0 spiro atoms. The number of hydrogen-bond donors (Lipinski definition) is 0. The van der Waals surface area contributed by atoms with E-state index in [4.69, 9.17) is 0 Å². The van der Waals surface area contributed by atoms with Gasteiger partial charge < -0.3 is 0 Å². The van der Waals surface area contributed by atoms with Crippen molar-refractivity contribution in [1.82, 2.24) is 0 Å². The van der Waals surface area contributed by atoms with Crippen LogP contribution in [0.2, 0.25) is 0 Å². The molecule has 0 bridgehead atoms. The molecule has 1 unspecified atom stereocenters. The monoisotopic (exact) mass is 209 g/mol. The van der Waals surface area contributed by atoms with E-state index in [-0.39, 0.29) is 5.41 Å². The van der Waals surface area contributed by atoms with Crippen molar-refractivity contribution in [2.24, 2.45) is 10.8 Å². The lowest BCUT2D eigenvalue weighted by Crippen LogP contribution is -2.24. The van der Waals surface area contributed by atoms with Crippen LogP contribution in [0, 0.1) is 16.9 Å². The molecule has 1 aliphatic rings. The van der Waals surface area contributed by atoms with Crippen molar-refractivity contribution in [3.8, 4) is 0 Å². The van der Waals surface area contributed by atoms with Crippen LogP contribution in [-0.2, 0) is 0 Å². The van der Waals surface area contributed by atoms with Gasteiger partial charge in [-0.3, -0.25) is 0 Å². The quantitative estimate of drug-likeness (QED) is 0.532. The normalized spacial score (nSPS) is 23.0. The van der Waals surface area contributed by atoms with Crippen LogP contribution in [0.25, 0.3) is 0 Å². The summed E-state index contributed by atoms with van der Waals surface area (Å²) in [5.74, 6) is 0. The highest BCUT2D eigenvalue weighted by atomic mass is 32.2. The SMILES string of the molecule is CC(C)(C)C1=C[C+]=CC(C(C)(C)C)S1. The van der Waals surface area contributed by atoms with Gasteiger partial charge in [0.15, 0.2) is 6.08 Å². The van der Waals surface area contributed by atoms with E-state index in [0.29, 0.717) is 10.7 Å². The Labute approximate surface area is 92.9 Å². The summed E-state index contributed by atoms with van der Waals surface area (Å²) < 4.78 is 0. The first-order valence-electron chi connectivity index (χ1n) is 5.18. The maximum Gasteiger partial charge on any atom is 0.170 e. The largest absolute Gasteiger partial charge is 0.170 e. The van der Waals surface area contributed by atoms with Gasteiger partial charge in [0.25, 0.3) is 0 Å². The molecule has 0 amide bonds. The first kappa shape index (κ1) is 11.8. The number of allylic oxidation sites excluding steroid dienone is 3. The van der Waals surface area contributed by atoms with Gasteiger partial charge in [-0.2, -0.15) is 0 Å². The van der Waals surface area contributed by atoms with Gasteiger partial charge in [0.05, 0.1) is 22.8 Å². The maximum atomic E-state index is 3.29. The predicted octanol–water partition coefficient (Wildman–Crippen LogP) is 4.44. The molecule has 0 aromatic rings. The highest BCUT2D eigenvalue weighted by Gasteiger charge is 2.36. The van der Waals surface area contributed by atoms with Crippen LogP contribution in [0.3, 0.4) is 0 Å². The molecule has 0 aromatic carbocycles. The second-order valence-corrected chi connectivity index (χ2v) is 7.18. The van der Waals surface area contributed by atoms with E-state index >= 15 is 0 Å². The first-order valence-corrected chi connectivity index (χ1v) is 6.06. The summed E-state index contributed by atoms with van der Waals surface area (Å²) in [7, 11) is 0. The Bertz CT molecular complexity index is 258. The average Bonchev–Trinajstić information content (AvgIpc) is 2.01. The van der Waals surface area contributed by atoms with Gasteiger partial charge in [-0.25, -0.2) is 0 Å². The van der Waals surface area contributed by atoms with E-state index in [1.165, 1.54) is 4.91 Å². The van der Waals surface area contributed by atoms with E-state index in [2.05, 4.69) is 59.8 Å². The maximum absolute atomic E-state index is 3.29. The zero-order valence-electron chi connectivity index (χ0n) is 10.1. The van der Waals surface area contributed by atoms with Crippen LogP contribution < -0.4 is 0 Å². The summed E-state index contributed by atoms with van der Waals surface area (Å²) in [6.45, 7) is 13.6. The third-order valence-electron chi connectivity index (χ3n) is 2.31. The Morgan fingerprint density at radius 3 is 2.14 bits per heavy atom. The van der Waals surface area contributed by atoms with Crippen molar-refractivity contribution >= 4 is 11.8 Å². The summed E-state index contributed by atoms with van der Waals surface area (Å²) in [5, 5.41) is 0.557. The molecule has 0 radical (unpaired) electrons. The molecule has 0 saturated heterocycles. The van der Waals surface area contributed by atoms with Gasteiger partial charge in [-0.15, -0.1) is 0 Å². The lowest BCUT2D eigenvalue weighted by atomic mass is 9.90. The molecule has 14 heavy (non-hydrogen) atoms. The van der Waals surface area contributed by atoms with Crippen LogP contribution in [0.1, 0.15) is 41.5 Å². The molecular formula is C13H21S+. The molecule has 0 nitrogen and oxygen atoms in total. The lowest BCUT2D eigenvalue weighted by molar-refractivity contribution is 0.430. The topological polar surface area (TPSA) is 0 Å². The van der Waals surface area contributed by atoms with E-state index in [1.54, 1.807) is 0 Å². The predicted molar refractivity (Wildman–Crippen MR) is 66.2 cm³/mol. The van der Waals surface area contributed by atoms with Crippen LogP contribution in [0.15, 0.2) is 17.1 Å². The van der Waals surface area contributed by atoms with Crippen LogP contribution in [0.5, 0.6) is 0 Å². The smallest absolute Gasteiger partial charge is 0.0586 e. The van der Waals surface area contributed by atoms with Crippen molar-refractivity contribution < 1.29 is 0 Å². The zero-order valence-corrected chi connectivity index (χ0v) is 11.0. The molecular weight excluding hydrogens is 188 g/mol. The molecule has 78 valence electrons. The van der Waals surface area contributed by atoms with E-state index in [1.807, 2.05) is 11.8 Å². The first-order chi connectivity index (χ1) is 6.21. The van der Waals surface area contributed by atoms with Gasteiger partial charge in [-0.05, 0) is 37.9 Å². The summed E-state index contributed by atoms with van der Waals surface area (Å²) in [6.07, 6.45) is 7.62. The third kappa shape index (κ3) is 2.87. The standard InChI is InChI=1S/C13H21S/c1-12(2,3)10-8-7-9-11(14-10)13(4,5)6/h8-10H,1-6H3/q+1. The fourth-order valence-corrected chi connectivity index (χ4v) is 2.50. The molecule has 1 aliphatic heterocycles. The van der Waals surface area contributed by atoms with Gasteiger partial charge >= 0.3 is 0 Å². The average molecular weight is 209 g/mol. The molecule has 0 aliphatic carbocycles. The second-order valence-electron chi connectivity index (χ2n) is 6.00. The minimum absolute atomic E-state index is 0.259. The van der Waals surface area contributed by atoms with Crippen LogP contribution in [0.4, 0.5) is 0 Å². The van der Waals surface area contributed by atoms with Crippen LogP contribution >= 0.6 is 11.8 Å². The second kappa shape index (κ2) is 3.72. The van der Waals surface area contributed by atoms with Crippen molar-refractivity contribution in [1.29, 1.82) is 0 Å². The molecule has 0 saturated carbocycles. The fourth-order valence-electron chi connectivity index (χ4n) is 1.24. The molecule has 0 aromatic heterocycles. The number of thioether (sulfide) groups is 1. The summed E-state index contributed by atoms with van der Waals surface area (Å²) in [4.78, 5) is 1.44. The minimum atomic E-state index is 0.259. The lowest BCUT2D eigenvalue weighted by Gasteiger charge is -2.28. The molecule has 0 N–H and O–H groups in total. The zero-order chi connectivity index (χ0) is 11.0. The van der Waals surface area contributed by atoms with Crippen molar-refractivity contribution in [3.63, 3.8) is 0 Å². The molecule has 0 fully saturated rings. The van der Waals surface area contributed by atoms with Crippen molar-refractivity contribution in [2.45, 2.75) is 46.8 Å². The minimum Gasteiger partial charge on any atom is -0.0586 e. The number of hydrogen-bond acceptors (Lipinski definition) is 1. The van der Waals surface area contributed by atoms with Crippen molar-refractivity contribution in [2.75, 3.05) is 0 Å². The fraction of sp³-hybridized carbons (Fsp3) is 0.692. The van der Waals surface area contributed by atoms with Crippen LogP contribution in [-0.4, -0.2) is 5.25 Å². The highest BCUT2D eigenvalue weighted by Crippen LogP contribution is 2.44. The summed E-state index contributed by atoms with van der Waals surface area (Å²) in [5.41, 5.74) is 0.581. The summed E-state index contributed by atoms with van der Waals surface area (Å²) in [6, 6.07) is 0. The third-order valence-corrected chi connectivity index (χ3v) is 4.39. The van der Waals surface area contributed by atoms with Crippen molar-refractivity contribution in [3.05, 3.63) is 23.1 Å². The van der Waals surface area contributed by atoms with E-state index < -0.39 is 0 Å².